The van der Waals surface area contributed by atoms with E-state index in [4.69, 9.17) is 0 Å². The second kappa shape index (κ2) is 11.5. The Morgan fingerprint density at radius 1 is 1.00 bits per heavy atom. The molecule has 27 heavy (non-hydrogen) atoms. The monoisotopic (exact) mass is 373 g/mol. The number of rotatable bonds is 5. The lowest BCUT2D eigenvalue weighted by Gasteiger charge is -2.35. The third-order valence-electron chi connectivity index (χ3n) is 5.78. The molecule has 1 saturated carbocycles. The second-order valence-electron chi connectivity index (χ2n) is 8.99. The van der Waals surface area contributed by atoms with Crippen LogP contribution >= 0.6 is 0 Å². The maximum Gasteiger partial charge on any atom is 0.130 e. The van der Waals surface area contributed by atoms with E-state index in [2.05, 4.69) is 41.1 Å². The molecule has 0 aromatic carbocycles. The average Bonchev–Trinajstić information content (AvgIpc) is 2.70. The van der Waals surface area contributed by atoms with Gasteiger partial charge in [-0.15, -0.1) is 0 Å². The van der Waals surface area contributed by atoms with E-state index in [9.17, 15) is 4.79 Å². The standard InChI is InChI=1S/C19H31N3.C4H8O/c1-15(2)19-20-12-18(13-21-19)17-8-10-22(11-9-17)14-16-6-4-3-5-7-16;1-4(2)3-5/h12-13,15-17H,3-11,14H2,1-2H3;3-4H,1-2H3. The summed E-state index contributed by atoms with van der Waals surface area (Å²) >= 11 is 0. The van der Waals surface area contributed by atoms with Gasteiger partial charge in [0.05, 0.1) is 0 Å². The van der Waals surface area contributed by atoms with Gasteiger partial charge in [-0.05, 0) is 56.2 Å². The fourth-order valence-electron chi connectivity index (χ4n) is 4.04. The Kier molecular flexibility index (Phi) is 9.40. The lowest BCUT2D eigenvalue weighted by Crippen LogP contribution is -2.37. The predicted octanol–water partition coefficient (Wildman–Crippen LogP) is 5.20. The summed E-state index contributed by atoms with van der Waals surface area (Å²) in [6.45, 7) is 11.9. The Bertz CT molecular complexity index is 527. The first-order chi connectivity index (χ1) is 13.0. The van der Waals surface area contributed by atoms with Crippen LogP contribution in [0.5, 0.6) is 0 Å². The van der Waals surface area contributed by atoms with Crippen molar-refractivity contribution in [2.45, 2.75) is 84.5 Å². The molecule has 0 amide bonds. The average molecular weight is 374 g/mol. The number of hydrogen-bond acceptors (Lipinski definition) is 4. The number of piperidine rings is 1. The van der Waals surface area contributed by atoms with E-state index in [0.717, 1.165) is 18.0 Å². The summed E-state index contributed by atoms with van der Waals surface area (Å²) in [7, 11) is 0. The van der Waals surface area contributed by atoms with E-state index in [1.807, 2.05) is 13.8 Å². The van der Waals surface area contributed by atoms with Crippen molar-refractivity contribution in [3.8, 4) is 0 Å². The zero-order valence-electron chi connectivity index (χ0n) is 17.9. The number of carbonyl (C=O) groups excluding carboxylic acids is 1. The molecule has 152 valence electrons. The Morgan fingerprint density at radius 2 is 1.56 bits per heavy atom. The van der Waals surface area contributed by atoms with Crippen molar-refractivity contribution in [2.75, 3.05) is 19.6 Å². The molecule has 4 heteroatoms. The van der Waals surface area contributed by atoms with Crippen molar-refractivity contribution < 1.29 is 4.79 Å². The molecule has 2 heterocycles. The summed E-state index contributed by atoms with van der Waals surface area (Å²) in [4.78, 5) is 21.3. The van der Waals surface area contributed by atoms with Crippen LogP contribution in [0.2, 0.25) is 0 Å². The molecule has 2 fully saturated rings. The minimum Gasteiger partial charge on any atom is -0.303 e. The van der Waals surface area contributed by atoms with Crippen LogP contribution in [-0.2, 0) is 4.79 Å². The van der Waals surface area contributed by atoms with Gasteiger partial charge in [0.25, 0.3) is 0 Å². The summed E-state index contributed by atoms with van der Waals surface area (Å²) in [6, 6.07) is 0. The summed E-state index contributed by atoms with van der Waals surface area (Å²) < 4.78 is 0. The lowest BCUT2D eigenvalue weighted by molar-refractivity contribution is -0.110. The van der Waals surface area contributed by atoms with Crippen LogP contribution in [0.1, 0.15) is 95.9 Å². The molecule has 4 nitrogen and oxygen atoms in total. The van der Waals surface area contributed by atoms with Gasteiger partial charge in [-0.3, -0.25) is 0 Å². The van der Waals surface area contributed by atoms with Crippen molar-refractivity contribution in [3.05, 3.63) is 23.8 Å². The smallest absolute Gasteiger partial charge is 0.130 e. The first-order valence-electron chi connectivity index (χ1n) is 11.0. The van der Waals surface area contributed by atoms with E-state index in [0.29, 0.717) is 11.8 Å². The normalized spacial score (nSPS) is 19.8. The van der Waals surface area contributed by atoms with Crippen molar-refractivity contribution in [3.63, 3.8) is 0 Å². The Morgan fingerprint density at radius 3 is 2.04 bits per heavy atom. The van der Waals surface area contributed by atoms with Gasteiger partial charge in [-0.25, -0.2) is 9.97 Å². The molecule has 1 aromatic rings. The van der Waals surface area contributed by atoms with Crippen molar-refractivity contribution in [1.82, 2.24) is 14.9 Å². The molecule has 1 saturated heterocycles. The Balaban J connectivity index is 0.000000465. The van der Waals surface area contributed by atoms with Gasteiger partial charge in [-0.1, -0.05) is 47.0 Å². The maximum absolute atomic E-state index is 9.50. The number of aromatic nitrogens is 2. The molecule has 1 aliphatic carbocycles. The third kappa shape index (κ3) is 7.69. The van der Waals surface area contributed by atoms with Crippen LogP contribution < -0.4 is 0 Å². The molecule has 0 spiro atoms. The first-order valence-corrected chi connectivity index (χ1v) is 11.0. The summed E-state index contributed by atoms with van der Waals surface area (Å²) in [5.41, 5.74) is 1.35. The minimum atomic E-state index is 0.204. The Hall–Kier alpha value is -1.29. The molecule has 1 aromatic heterocycles. The predicted molar refractivity (Wildman–Crippen MR) is 112 cm³/mol. The van der Waals surface area contributed by atoms with Gasteiger partial charge in [0, 0.05) is 30.8 Å². The molecule has 0 atom stereocenters. The molecule has 0 bridgehead atoms. The maximum atomic E-state index is 9.50. The first kappa shape index (κ1) is 22.0. The molecule has 0 N–H and O–H groups in total. The van der Waals surface area contributed by atoms with Crippen LogP contribution in [0.15, 0.2) is 12.4 Å². The van der Waals surface area contributed by atoms with Crippen LogP contribution in [0, 0.1) is 11.8 Å². The van der Waals surface area contributed by atoms with E-state index in [1.54, 1.807) is 0 Å². The molecule has 0 unspecified atom stereocenters. The highest BCUT2D eigenvalue weighted by molar-refractivity contribution is 5.51. The molecule has 3 rings (SSSR count). The van der Waals surface area contributed by atoms with E-state index < -0.39 is 0 Å². The van der Waals surface area contributed by atoms with Crippen LogP contribution in [0.25, 0.3) is 0 Å². The largest absolute Gasteiger partial charge is 0.303 e. The highest BCUT2D eigenvalue weighted by Gasteiger charge is 2.24. The fraction of sp³-hybridized carbons (Fsp3) is 0.783. The van der Waals surface area contributed by atoms with Crippen molar-refractivity contribution >= 4 is 6.29 Å². The topological polar surface area (TPSA) is 46.1 Å². The molecule has 1 aliphatic heterocycles. The van der Waals surface area contributed by atoms with Crippen molar-refractivity contribution in [1.29, 1.82) is 0 Å². The van der Waals surface area contributed by atoms with Gasteiger partial charge < -0.3 is 9.69 Å². The summed E-state index contributed by atoms with van der Waals surface area (Å²) in [6.07, 6.45) is 14.9. The van der Waals surface area contributed by atoms with Gasteiger partial charge in [0.1, 0.15) is 12.1 Å². The quantitative estimate of drug-likeness (QED) is 0.665. The van der Waals surface area contributed by atoms with E-state index in [1.165, 1.54) is 70.1 Å². The van der Waals surface area contributed by atoms with Crippen molar-refractivity contribution in [2.24, 2.45) is 11.8 Å². The highest BCUT2D eigenvalue weighted by atomic mass is 16.1. The molecule has 0 radical (unpaired) electrons. The second-order valence-corrected chi connectivity index (χ2v) is 8.99. The summed E-state index contributed by atoms with van der Waals surface area (Å²) in [5, 5.41) is 0. The van der Waals surface area contributed by atoms with E-state index in [-0.39, 0.29) is 5.92 Å². The number of aldehydes is 1. The zero-order valence-corrected chi connectivity index (χ0v) is 17.9. The molecular weight excluding hydrogens is 334 g/mol. The number of carbonyl (C=O) groups is 1. The zero-order chi connectivity index (χ0) is 19.6. The van der Waals surface area contributed by atoms with Crippen LogP contribution in [0.3, 0.4) is 0 Å². The van der Waals surface area contributed by atoms with Gasteiger partial charge >= 0.3 is 0 Å². The Labute approximate surface area is 166 Å². The van der Waals surface area contributed by atoms with Gasteiger partial charge in [0.15, 0.2) is 0 Å². The summed E-state index contributed by atoms with van der Waals surface area (Å²) in [5.74, 6) is 3.24. The number of nitrogens with zero attached hydrogens (tertiary/aromatic N) is 3. The fourth-order valence-corrected chi connectivity index (χ4v) is 4.04. The van der Waals surface area contributed by atoms with Crippen LogP contribution in [0.4, 0.5) is 0 Å². The minimum absolute atomic E-state index is 0.204. The lowest BCUT2D eigenvalue weighted by atomic mass is 9.87. The molecular formula is C23H39N3O. The van der Waals surface area contributed by atoms with Gasteiger partial charge in [-0.2, -0.15) is 0 Å². The third-order valence-corrected chi connectivity index (χ3v) is 5.78. The SMILES string of the molecule is CC(C)C=O.CC(C)c1ncc(C2CCN(CC3CCCCC3)CC2)cn1. The number of likely N-dealkylation sites (tertiary alicyclic amines) is 1. The van der Waals surface area contributed by atoms with E-state index >= 15 is 0 Å². The van der Waals surface area contributed by atoms with Gasteiger partial charge in [0.2, 0.25) is 0 Å². The number of hydrogen-bond donors (Lipinski definition) is 0. The highest BCUT2D eigenvalue weighted by Crippen LogP contribution is 2.30. The van der Waals surface area contributed by atoms with Crippen LogP contribution in [-0.4, -0.2) is 40.8 Å². The molecule has 2 aliphatic rings.